The maximum absolute atomic E-state index is 13.8. The fourth-order valence-corrected chi connectivity index (χ4v) is 5.27. The SMILES string of the molecule is Fc1cccc(C2(N3CCCCC3)CC3CCC2C3)c1. The molecule has 0 radical (unpaired) electrons. The quantitative estimate of drug-likeness (QED) is 0.775. The topological polar surface area (TPSA) is 3.24 Å². The van der Waals surface area contributed by atoms with E-state index in [0.29, 0.717) is 0 Å². The van der Waals surface area contributed by atoms with E-state index in [4.69, 9.17) is 0 Å². The van der Waals surface area contributed by atoms with Crippen molar-refractivity contribution in [2.45, 2.75) is 50.5 Å². The number of hydrogen-bond donors (Lipinski definition) is 0. The summed E-state index contributed by atoms with van der Waals surface area (Å²) in [7, 11) is 0. The highest BCUT2D eigenvalue weighted by atomic mass is 19.1. The molecule has 1 aromatic rings. The molecule has 108 valence electrons. The first-order valence-electron chi connectivity index (χ1n) is 8.30. The third kappa shape index (κ3) is 1.84. The molecule has 2 aliphatic carbocycles. The van der Waals surface area contributed by atoms with Crippen molar-refractivity contribution in [1.82, 2.24) is 4.90 Å². The average molecular weight is 273 g/mol. The maximum atomic E-state index is 13.8. The first-order valence-corrected chi connectivity index (χ1v) is 8.30. The molecule has 3 fully saturated rings. The van der Waals surface area contributed by atoms with Crippen molar-refractivity contribution < 1.29 is 4.39 Å². The van der Waals surface area contributed by atoms with Crippen LogP contribution in [0.5, 0.6) is 0 Å². The van der Waals surface area contributed by atoms with Gasteiger partial charge in [0, 0.05) is 5.54 Å². The number of nitrogens with zero attached hydrogens (tertiary/aromatic N) is 1. The molecule has 0 aromatic heterocycles. The minimum Gasteiger partial charge on any atom is -0.293 e. The van der Waals surface area contributed by atoms with Gasteiger partial charge in [-0.2, -0.15) is 0 Å². The summed E-state index contributed by atoms with van der Waals surface area (Å²) in [5.74, 6) is 1.57. The molecule has 3 unspecified atom stereocenters. The molecular weight excluding hydrogens is 249 g/mol. The lowest BCUT2D eigenvalue weighted by atomic mass is 9.73. The molecule has 1 saturated heterocycles. The van der Waals surface area contributed by atoms with E-state index < -0.39 is 0 Å². The molecular formula is C18H24FN. The molecule has 0 N–H and O–H groups in total. The highest BCUT2D eigenvalue weighted by Crippen LogP contribution is 2.58. The number of benzene rings is 1. The van der Waals surface area contributed by atoms with E-state index in [0.717, 1.165) is 11.8 Å². The van der Waals surface area contributed by atoms with Gasteiger partial charge in [0.05, 0.1) is 0 Å². The van der Waals surface area contributed by atoms with E-state index in [1.54, 1.807) is 6.07 Å². The number of fused-ring (bicyclic) bond motifs is 2. The van der Waals surface area contributed by atoms with Crippen LogP contribution in [-0.4, -0.2) is 18.0 Å². The second-order valence-electron chi connectivity index (χ2n) is 7.06. The summed E-state index contributed by atoms with van der Waals surface area (Å²) in [6.07, 6.45) is 9.37. The number of piperidine rings is 1. The van der Waals surface area contributed by atoms with E-state index in [2.05, 4.69) is 11.0 Å². The van der Waals surface area contributed by atoms with Gasteiger partial charge in [-0.3, -0.25) is 4.90 Å². The molecule has 20 heavy (non-hydrogen) atoms. The third-order valence-corrected chi connectivity index (χ3v) is 6.06. The van der Waals surface area contributed by atoms with Crippen LogP contribution >= 0.6 is 0 Å². The Balaban J connectivity index is 1.77. The van der Waals surface area contributed by atoms with Crippen molar-refractivity contribution >= 4 is 0 Å². The summed E-state index contributed by atoms with van der Waals surface area (Å²) >= 11 is 0. The molecule has 1 aliphatic heterocycles. The third-order valence-electron chi connectivity index (χ3n) is 6.06. The number of halogens is 1. The molecule has 0 spiro atoms. The van der Waals surface area contributed by atoms with Crippen LogP contribution < -0.4 is 0 Å². The normalized spacial score (nSPS) is 37.5. The molecule has 1 nitrogen and oxygen atoms in total. The zero-order valence-corrected chi connectivity index (χ0v) is 12.2. The first kappa shape index (κ1) is 12.8. The minimum absolute atomic E-state index is 0.0679. The molecule has 1 heterocycles. The molecule has 2 heteroatoms. The van der Waals surface area contributed by atoms with Gasteiger partial charge >= 0.3 is 0 Å². The Hall–Kier alpha value is -0.890. The Morgan fingerprint density at radius 2 is 1.95 bits per heavy atom. The van der Waals surface area contributed by atoms with Crippen LogP contribution in [0.15, 0.2) is 24.3 Å². The fourth-order valence-electron chi connectivity index (χ4n) is 5.27. The van der Waals surface area contributed by atoms with Crippen LogP contribution in [0.1, 0.15) is 50.5 Å². The molecule has 2 bridgehead atoms. The number of likely N-dealkylation sites (tertiary alicyclic amines) is 1. The fraction of sp³-hybridized carbons (Fsp3) is 0.667. The zero-order chi connectivity index (χ0) is 13.6. The average Bonchev–Trinajstić information content (AvgIpc) is 3.09. The lowest BCUT2D eigenvalue weighted by Crippen LogP contribution is -2.51. The van der Waals surface area contributed by atoms with Gasteiger partial charge in [0.1, 0.15) is 5.82 Å². The van der Waals surface area contributed by atoms with Gasteiger partial charge in [0.15, 0.2) is 0 Å². The minimum atomic E-state index is -0.0679. The van der Waals surface area contributed by atoms with Crippen molar-refractivity contribution in [3.8, 4) is 0 Å². The van der Waals surface area contributed by atoms with Gasteiger partial charge in [-0.25, -0.2) is 4.39 Å². The lowest BCUT2D eigenvalue weighted by molar-refractivity contribution is 0.0152. The predicted molar refractivity (Wildman–Crippen MR) is 79.0 cm³/mol. The summed E-state index contributed by atoms with van der Waals surface area (Å²) in [5.41, 5.74) is 1.41. The molecule has 1 aromatic carbocycles. The molecule has 2 saturated carbocycles. The van der Waals surface area contributed by atoms with E-state index in [9.17, 15) is 4.39 Å². The van der Waals surface area contributed by atoms with Gasteiger partial charge in [-0.05, 0) is 74.7 Å². The Kier molecular flexibility index (Phi) is 3.10. The van der Waals surface area contributed by atoms with Crippen LogP contribution in [0.25, 0.3) is 0 Å². The van der Waals surface area contributed by atoms with Crippen LogP contribution in [-0.2, 0) is 5.54 Å². The van der Waals surface area contributed by atoms with E-state index in [-0.39, 0.29) is 11.4 Å². The first-order chi connectivity index (χ1) is 9.79. The Bertz CT molecular complexity index is 494. The van der Waals surface area contributed by atoms with Crippen LogP contribution in [0.2, 0.25) is 0 Å². The van der Waals surface area contributed by atoms with Crippen molar-refractivity contribution in [3.63, 3.8) is 0 Å². The van der Waals surface area contributed by atoms with Gasteiger partial charge in [-0.15, -0.1) is 0 Å². The van der Waals surface area contributed by atoms with Crippen molar-refractivity contribution in [2.75, 3.05) is 13.1 Å². The summed E-state index contributed by atoms with van der Waals surface area (Å²) in [6.45, 7) is 2.42. The van der Waals surface area contributed by atoms with Gasteiger partial charge in [0.2, 0.25) is 0 Å². The number of rotatable bonds is 2. The second-order valence-corrected chi connectivity index (χ2v) is 7.06. The zero-order valence-electron chi connectivity index (χ0n) is 12.2. The maximum Gasteiger partial charge on any atom is 0.123 e. The highest BCUT2D eigenvalue weighted by molar-refractivity contribution is 5.30. The summed E-state index contributed by atoms with van der Waals surface area (Å²) < 4.78 is 13.8. The van der Waals surface area contributed by atoms with Crippen molar-refractivity contribution in [2.24, 2.45) is 11.8 Å². The summed E-state index contributed by atoms with van der Waals surface area (Å²) in [4.78, 5) is 2.72. The highest BCUT2D eigenvalue weighted by Gasteiger charge is 2.54. The summed E-state index contributed by atoms with van der Waals surface area (Å²) in [6, 6.07) is 7.48. The standard InChI is InChI=1S/C18H24FN/c19-17-6-4-5-15(12-17)18(20-9-2-1-3-10-20)13-14-7-8-16(18)11-14/h4-6,12,14,16H,1-3,7-11,13H2. The molecule has 3 aliphatic rings. The Morgan fingerprint density at radius 3 is 2.60 bits per heavy atom. The predicted octanol–water partition coefficient (Wildman–Crippen LogP) is 4.33. The molecule has 0 amide bonds. The smallest absolute Gasteiger partial charge is 0.123 e. The van der Waals surface area contributed by atoms with Gasteiger partial charge in [-0.1, -0.05) is 25.0 Å². The lowest BCUT2D eigenvalue weighted by Gasteiger charge is -2.49. The van der Waals surface area contributed by atoms with Crippen LogP contribution in [0.4, 0.5) is 4.39 Å². The largest absolute Gasteiger partial charge is 0.293 e. The van der Waals surface area contributed by atoms with E-state index in [1.807, 2.05) is 12.1 Å². The van der Waals surface area contributed by atoms with Crippen LogP contribution in [0, 0.1) is 17.7 Å². The van der Waals surface area contributed by atoms with E-state index >= 15 is 0 Å². The molecule has 4 rings (SSSR count). The Morgan fingerprint density at radius 1 is 1.10 bits per heavy atom. The molecule has 3 atom stereocenters. The van der Waals surface area contributed by atoms with Crippen molar-refractivity contribution in [1.29, 1.82) is 0 Å². The van der Waals surface area contributed by atoms with Gasteiger partial charge < -0.3 is 0 Å². The monoisotopic (exact) mass is 273 g/mol. The Labute approximate surface area is 121 Å². The van der Waals surface area contributed by atoms with E-state index in [1.165, 1.54) is 63.6 Å². The number of hydrogen-bond acceptors (Lipinski definition) is 1. The second kappa shape index (κ2) is 4.84. The summed E-state index contributed by atoms with van der Waals surface area (Å²) in [5, 5.41) is 0. The van der Waals surface area contributed by atoms with Crippen LogP contribution in [0.3, 0.4) is 0 Å². The van der Waals surface area contributed by atoms with Crippen molar-refractivity contribution in [3.05, 3.63) is 35.6 Å². The van der Waals surface area contributed by atoms with Gasteiger partial charge in [0.25, 0.3) is 0 Å².